The van der Waals surface area contributed by atoms with E-state index >= 15 is 0 Å². The topological polar surface area (TPSA) is 37.3 Å². The van der Waals surface area contributed by atoms with Gasteiger partial charge in [-0.3, -0.25) is 4.79 Å². The molecule has 0 aliphatic heterocycles. The van der Waals surface area contributed by atoms with Crippen molar-refractivity contribution in [3.63, 3.8) is 0 Å². The van der Waals surface area contributed by atoms with Crippen LogP contribution in [0.15, 0.2) is 0 Å². The third-order valence-electron chi connectivity index (χ3n) is 1.09. The summed E-state index contributed by atoms with van der Waals surface area (Å²) in [4.78, 5) is 8.36. The second kappa shape index (κ2) is 3.96. The van der Waals surface area contributed by atoms with Gasteiger partial charge in [0.2, 0.25) is 0 Å². The van der Waals surface area contributed by atoms with Crippen molar-refractivity contribution in [2.24, 2.45) is 0 Å². The molecular formula is C5H8Cl2O2. The van der Waals surface area contributed by atoms with Crippen LogP contribution >= 0.6 is 23.2 Å². The maximum Gasteiger partial charge on any atom is 0.290 e. The summed E-state index contributed by atoms with van der Waals surface area (Å²) < 4.78 is -0.333. The van der Waals surface area contributed by atoms with Gasteiger partial charge in [0.25, 0.3) is 6.47 Å². The molecule has 0 unspecified atom stereocenters. The summed E-state index contributed by atoms with van der Waals surface area (Å²) in [7, 11) is 0. The zero-order chi connectivity index (χ0) is 7.33. The van der Waals surface area contributed by atoms with Gasteiger partial charge in [0.15, 0.2) is 0 Å². The van der Waals surface area contributed by atoms with Gasteiger partial charge in [-0.2, -0.15) is 0 Å². The molecule has 4 heteroatoms. The zero-order valence-electron chi connectivity index (χ0n) is 4.81. The number of carboxylic acid groups (broad SMARTS) is 1. The molecule has 0 atom stereocenters. The summed E-state index contributed by atoms with van der Waals surface area (Å²) in [6, 6.07) is 0. The Morgan fingerprint density at radius 2 is 1.67 bits per heavy atom. The van der Waals surface area contributed by atoms with Gasteiger partial charge in [0.05, 0.1) is 0 Å². The van der Waals surface area contributed by atoms with Crippen LogP contribution in [-0.4, -0.2) is 15.9 Å². The quantitative estimate of drug-likeness (QED) is 0.447. The molecule has 0 radical (unpaired) electrons. The largest absolute Gasteiger partial charge is 0.483 e. The average molecular weight is 171 g/mol. The van der Waals surface area contributed by atoms with Gasteiger partial charge in [0, 0.05) is 0 Å². The van der Waals surface area contributed by atoms with Crippen LogP contribution in [-0.2, 0) is 4.79 Å². The zero-order valence-corrected chi connectivity index (χ0v) is 6.32. The molecule has 9 heavy (non-hydrogen) atoms. The van der Waals surface area contributed by atoms with Gasteiger partial charge in [-0.15, -0.1) is 23.2 Å². The SMILES string of the molecule is ClC1(Cl)CCC1.O=CO. The molecule has 0 bridgehead atoms. The van der Waals surface area contributed by atoms with Crippen molar-refractivity contribution in [1.82, 2.24) is 0 Å². The van der Waals surface area contributed by atoms with E-state index in [-0.39, 0.29) is 10.8 Å². The van der Waals surface area contributed by atoms with E-state index in [0.717, 1.165) is 12.8 Å². The van der Waals surface area contributed by atoms with Crippen molar-refractivity contribution in [1.29, 1.82) is 0 Å². The molecule has 0 heterocycles. The fourth-order valence-corrected chi connectivity index (χ4v) is 0.979. The molecule has 54 valence electrons. The van der Waals surface area contributed by atoms with E-state index in [2.05, 4.69) is 0 Å². The van der Waals surface area contributed by atoms with Crippen LogP contribution in [0.5, 0.6) is 0 Å². The van der Waals surface area contributed by atoms with E-state index in [9.17, 15) is 0 Å². The molecule has 1 aliphatic rings. The van der Waals surface area contributed by atoms with Gasteiger partial charge < -0.3 is 5.11 Å². The number of halogens is 2. The van der Waals surface area contributed by atoms with Crippen LogP contribution < -0.4 is 0 Å². The highest BCUT2D eigenvalue weighted by Gasteiger charge is 2.31. The molecule has 1 rings (SSSR count). The summed E-state index contributed by atoms with van der Waals surface area (Å²) in [5.41, 5.74) is 0. The predicted octanol–water partition coefficient (Wildman–Crippen LogP) is 2.04. The maximum atomic E-state index is 8.36. The third kappa shape index (κ3) is 4.55. The molecule has 0 aromatic carbocycles. The van der Waals surface area contributed by atoms with Gasteiger partial charge in [-0.25, -0.2) is 0 Å². The lowest BCUT2D eigenvalue weighted by atomic mass is 9.99. The van der Waals surface area contributed by atoms with Crippen LogP contribution in [0.3, 0.4) is 0 Å². The molecule has 1 fully saturated rings. The van der Waals surface area contributed by atoms with Crippen molar-refractivity contribution < 1.29 is 9.90 Å². The van der Waals surface area contributed by atoms with Gasteiger partial charge in [-0.05, 0) is 19.3 Å². The molecule has 0 spiro atoms. The maximum absolute atomic E-state index is 8.36. The van der Waals surface area contributed by atoms with Crippen LogP contribution in [0, 0.1) is 0 Å². The Balaban J connectivity index is 0.000000187. The second-order valence-electron chi connectivity index (χ2n) is 1.81. The standard InChI is InChI=1S/C4H6Cl2.CH2O2/c5-4(6)2-1-3-4;2-1-3/h1-3H2;1H,(H,2,3). The van der Waals surface area contributed by atoms with E-state index in [1.54, 1.807) is 0 Å². The summed E-state index contributed by atoms with van der Waals surface area (Å²) in [5.74, 6) is 0. The first-order chi connectivity index (χ1) is 4.12. The monoisotopic (exact) mass is 170 g/mol. The fraction of sp³-hybridized carbons (Fsp3) is 0.800. The van der Waals surface area contributed by atoms with E-state index in [1.807, 2.05) is 0 Å². The van der Waals surface area contributed by atoms with Crippen LogP contribution in [0.4, 0.5) is 0 Å². The molecule has 1 N–H and O–H groups in total. The highest BCUT2D eigenvalue weighted by molar-refractivity contribution is 6.48. The lowest BCUT2D eigenvalue weighted by Gasteiger charge is -2.27. The van der Waals surface area contributed by atoms with Crippen molar-refractivity contribution in [2.45, 2.75) is 23.6 Å². The van der Waals surface area contributed by atoms with E-state index in [0.29, 0.717) is 0 Å². The van der Waals surface area contributed by atoms with E-state index in [4.69, 9.17) is 33.1 Å². The first kappa shape index (κ1) is 9.05. The van der Waals surface area contributed by atoms with Crippen LogP contribution in [0.1, 0.15) is 19.3 Å². The smallest absolute Gasteiger partial charge is 0.290 e. The van der Waals surface area contributed by atoms with E-state index in [1.165, 1.54) is 6.42 Å². The Kier molecular flexibility index (Phi) is 3.98. The Bertz CT molecular complexity index is 87.0. The highest BCUT2D eigenvalue weighted by Crippen LogP contribution is 2.41. The summed E-state index contributed by atoms with van der Waals surface area (Å²) >= 11 is 11.1. The number of hydrogen-bond acceptors (Lipinski definition) is 1. The lowest BCUT2D eigenvalue weighted by molar-refractivity contribution is -0.122. The predicted molar refractivity (Wildman–Crippen MR) is 37.0 cm³/mol. The third-order valence-corrected chi connectivity index (χ3v) is 1.84. The molecule has 0 amide bonds. The fourth-order valence-electron chi connectivity index (χ4n) is 0.444. The number of alkyl halides is 2. The second-order valence-corrected chi connectivity index (χ2v) is 3.46. The molecule has 1 saturated carbocycles. The van der Waals surface area contributed by atoms with Crippen LogP contribution in [0.2, 0.25) is 0 Å². The first-order valence-corrected chi connectivity index (χ1v) is 3.33. The van der Waals surface area contributed by atoms with E-state index < -0.39 is 0 Å². The minimum Gasteiger partial charge on any atom is -0.483 e. The van der Waals surface area contributed by atoms with Gasteiger partial charge in [0.1, 0.15) is 4.33 Å². The average Bonchev–Trinajstić information content (AvgIpc) is 1.65. The molecular weight excluding hydrogens is 163 g/mol. The molecule has 2 nitrogen and oxygen atoms in total. The van der Waals surface area contributed by atoms with Crippen molar-refractivity contribution in [2.75, 3.05) is 0 Å². The Labute approximate surface area is 63.8 Å². The Hall–Kier alpha value is 0.0500. The van der Waals surface area contributed by atoms with Gasteiger partial charge >= 0.3 is 0 Å². The Morgan fingerprint density at radius 3 is 1.67 bits per heavy atom. The lowest BCUT2D eigenvalue weighted by Crippen LogP contribution is -2.21. The minimum atomic E-state index is -0.333. The highest BCUT2D eigenvalue weighted by atomic mass is 35.5. The van der Waals surface area contributed by atoms with Crippen LogP contribution in [0.25, 0.3) is 0 Å². The molecule has 0 aromatic heterocycles. The van der Waals surface area contributed by atoms with Crippen molar-refractivity contribution in [3.8, 4) is 0 Å². The number of carbonyl (C=O) groups is 1. The number of rotatable bonds is 0. The normalized spacial score (nSPS) is 20.7. The van der Waals surface area contributed by atoms with Crippen molar-refractivity contribution in [3.05, 3.63) is 0 Å². The minimum absolute atomic E-state index is 0.250. The summed E-state index contributed by atoms with van der Waals surface area (Å²) in [6.45, 7) is -0.250. The Morgan fingerprint density at radius 1 is 1.44 bits per heavy atom. The molecule has 0 aromatic rings. The number of hydrogen-bond donors (Lipinski definition) is 1. The summed E-state index contributed by atoms with van der Waals surface area (Å²) in [5, 5.41) is 6.89. The first-order valence-electron chi connectivity index (χ1n) is 2.58. The molecule has 0 saturated heterocycles. The van der Waals surface area contributed by atoms with Gasteiger partial charge in [-0.1, -0.05) is 0 Å². The summed E-state index contributed by atoms with van der Waals surface area (Å²) in [6.07, 6.45) is 3.17. The van der Waals surface area contributed by atoms with Crippen molar-refractivity contribution >= 4 is 29.7 Å². The molecule has 1 aliphatic carbocycles.